The summed E-state index contributed by atoms with van der Waals surface area (Å²) in [5, 5.41) is 1.81. The van der Waals surface area contributed by atoms with Gasteiger partial charge in [-0.3, -0.25) is 14.0 Å². The minimum absolute atomic E-state index is 0.381. The molecule has 1 N–H and O–H groups in total. The lowest BCUT2D eigenvalue weighted by molar-refractivity contribution is -0.175. The molecule has 0 aliphatic carbocycles. The van der Waals surface area contributed by atoms with Gasteiger partial charge in [-0.2, -0.15) is 13.2 Å². The van der Waals surface area contributed by atoms with Crippen LogP contribution in [-0.4, -0.2) is 34.0 Å². The molecule has 0 saturated carbocycles. The van der Waals surface area contributed by atoms with Gasteiger partial charge in [-0.15, -0.1) is 11.3 Å². The van der Waals surface area contributed by atoms with Crippen LogP contribution in [0.4, 0.5) is 13.2 Å². The van der Waals surface area contributed by atoms with Gasteiger partial charge in [-0.05, 0) is 0 Å². The smallest absolute Gasteiger partial charge is 0.463 e. The van der Waals surface area contributed by atoms with Crippen molar-refractivity contribution in [3.8, 4) is 0 Å². The van der Waals surface area contributed by atoms with Gasteiger partial charge in [0, 0.05) is 18.0 Å². The molecule has 0 radical (unpaired) electrons. The van der Waals surface area contributed by atoms with E-state index in [1.54, 1.807) is 4.40 Å². The van der Waals surface area contributed by atoms with Crippen LogP contribution >= 0.6 is 11.3 Å². The van der Waals surface area contributed by atoms with Gasteiger partial charge >= 0.3 is 18.1 Å². The lowest BCUT2D eigenvalue weighted by Gasteiger charge is -2.17. The highest BCUT2D eigenvalue weighted by molar-refractivity contribution is 7.17. The van der Waals surface area contributed by atoms with Crippen molar-refractivity contribution in [3.63, 3.8) is 0 Å². The van der Waals surface area contributed by atoms with Crippen LogP contribution in [0.5, 0.6) is 0 Å². The number of ether oxygens (including phenoxy) is 1. The van der Waals surface area contributed by atoms with E-state index in [0.717, 1.165) is 18.3 Å². The van der Waals surface area contributed by atoms with Gasteiger partial charge in [0.2, 0.25) is 0 Å². The third-order valence-electron chi connectivity index (χ3n) is 2.48. The van der Waals surface area contributed by atoms with Crippen LogP contribution in [0.25, 0.3) is 4.83 Å². The van der Waals surface area contributed by atoms with E-state index in [4.69, 9.17) is 4.74 Å². The van der Waals surface area contributed by atoms with E-state index in [9.17, 15) is 22.8 Å². The molecule has 0 aliphatic heterocycles. The average molecular weight is 321 g/mol. The summed E-state index contributed by atoms with van der Waals surface area (Å²) in [6.45, 7) is 0.750. The maximum atomic E-state index is 12.3. The highest BCUT2D eigenvalue weighted by Crippen LogP contribution is 2.26. The lowest BCUT2D eigenvalue weighted by Crippen LogP contribution is -2.40. The summed E-state index contributed by atoms with van der Waals surface area (Å²) in [6.07, 6.45) is -0.473. The van der Waals surface area contributed by atoms with Gasteiger partial charge in [-0.25, -0.2) is 4.98 Å². The van der Waals surface area contributed by atoms with Crippen molar-refractivity contribution < 1.29 is 27.5 Å². The number of alkyl halides is 3. The number of amides is 1. The van der Waals surface area contributed by atoms with Gasteiger partial charge in [0.15, 0.2) is 0 Å². The molecule has 0 bridgehead atoms. The van der Waals surface area contributed by atoms with Gasteiger partial charge in [0.05, 0.1) is 18.6 Å². The summed E-state index contributed by atoms with van der Waals surface area (Å²) < 4.78 is 43.3. The van der Waals surface area contributed by atoms with Crippen LogP contribution in [0.2, 0.25) is 0 Å². The second kappa shape index (κ2) is 5.72. The van der Waals surface area contributed by atoms with E-state index >= 15 is 0 Å². The zero-order valence-corrected chi connectivity index (χ0v) is 11.5. The van der Waals surface area contributed by atoms with E-state index in [-0.39, 0.29) is 6.61 Å². The molecule has 0 unspecified atom stereocenters. The molecular weight excluding hydrogens is 311 g/mol. The van der Waals surface area contributed by atoms with E-state index in [2.05, 4.69) is 4.98 Å². The van der Waals surface area contributed by atoms with Crippen molar-refractivity contribution >= 4 is 28.0 Å². The molecule has 1 amide bonds. The van der Waals surface area contributed by atoms with E-state index < -0.39 is 24.1 Å². The fourth-order valence-corrected chi connectivity index (χ4v) is 2.55. The number of imidazole rings is 1. The van der Waals surface area contributed by atoms with E-state index in [1.807, 2.05) is 5.32 Å². The van der Waals surface area contributed by atoms with Crippen molar-refractivity contribution in [1.29, 1.82) is 0 Å². The Bertz CT molecular complexity index is 636. The summed E-state index contributed by atoms with van der Waals surface area (Å²) in [6, 6.07) is -1.08. The molecule has 0 spiro atoms. The Hall–Kier alpha value is -2.10. The van der Waals surface area contributed by atoms with Gasteiger partial charge in [-0.1, -0.05) is 0 Å². The first-order chi connectivity index (χ1) is 9.77. The Balaban J connectivity index is 2.20. The summed E-state index contributed by atoms with van der Waals surface area (Å²) in [5.74, 6) is -2.73. The van der Waals surface area contributed by atoms with Crippen LogP contribution in [0.3, 0.4) is 0 Å². The number of carbonyl (C=O) groups is 2. The fraction of sp³-hybridized carbons (Fsp3) is 0.364. The van der Waals surface area contributed by atoms with E-state index in [1.165, 1.54) is 18.7 Å². The van der Waals surface area contributed by atoms with Crippen molar-refractivity contribution in [2.45, 2.75) is 19.1 Å². The van der Waals surface area contributed by atoms with Crippen LogP contribution in [-0.2, 0) is 14.3 Å². The van der Waals surface area contributed by atoms with Crippen LogP contribution in [0.15, 0.2) is 18.7 Å². The van der Waals surface area contributed by atoms with Gasteiger partial charge in [0.25, 0.3) is 0 Å². The van der Waals surface area contributed by atoms with Crippen molar-refractivity contribution in [2.75, 3.05) is 6.61 Å². The highest BCUT2D eigenvalue weighted by atomic mass is 32.1. The molecule has 2 aromatic rings. The van der Waals surface area contributed by atoms with Crippen LogP contribution in [0, 0.1) is 0 Å². The Morgan fingerprint density at radius 3 is 2.81 bits per heavy atom. The topological polar surface area (TPSA) is 72.7 Å². The number of nitrogens with zero attached hydrogens (tertiary/aromatic N) is 2. The zero-order chi connectivity index (χ0) is 15.6. The molecule has 0 fully saturated rings. The minimum Gasteiger partial charge on any atom is -0.463 e. The van der Waals surface area contributed by atoms with Gasteiger partial charge in [0.1, 0.15) is 11.4 Å². The molecule has 0 saturated heterocycles. The maximum absolute atomic E-state index is 12.3. The molecular formula is C11H10F3N3O3S. The fourth-order valence-electron chi connectivity index (χ4n) is 1.55. The minimum atomic E-state index is -5.00. The van der Waals surface area contributed by atoms with Gasteiger partial charge < -0.3 is 10.1 Å². The summed E-state index contributed by atoms with van der Waals surface area (Å²) >= 11 is 1.14. The highest BCUT2D eigenvalue weighted by Gasteiger charge is 2.40. The van der Waals surface area contributed by atoms with Crippen molar-refractivity contribution in [3.05, 3.63) is 23.6 Å². The van der Waals surface area contributed by atoms with Crippen LogP contribution in [0.1, 0.15) is 17.8 Å². The monoisotopic (exact) mass is 321 g/mol. The molecule has 2 aromatic heterocycles. The number of halogens is 3. The van der Waals surface area contributed by atoms with Crippen molar-refractivity contribution in [1.82, 2.24) is 14.7 Å². The standard InChI is InChI=1S/C11H10F3N3O3S/c1-6(18)20-4-7(16-10(19)11(12,13)14)8-3-17-5-15-2-9(17)21-8/h2-3,5,7H,4H2,1H3,(H,16,19)/t7-/m1/s1. The normalized spacial score (nSPS) is 13.1. The summed E-state index contributed by atoms with van der Waals surface area (Å²) in [5.41, 5.74) is 0. The summed E-state index contributed by atoms with van der Waals surface area (Å²) in [7, 11) is 0. The lowest BCUT2D eigenvalue weighted by atomic mass is 10.2. The Morgan fingerprint density at radius 1 is 1.52 bits per heavy atom. The predicted octanol–water partition coefficient (Wildman–Crippen LogP) is 1.68. The number of hydrogen-bond acceptors (Lipinski definition) is 5. The number of carbonyl (C=O) groups excluding carboxylic acids is 2. The quantitative estimate of drug-likeness (QED) is 0.870. The number of nitrogens with one attached hydrogen (secondary N) is 1. The number of rotatable bonds is 4. The molecule has 1 atom stereocenters. The zero-order valence-electron chi connectivity index (χ0n) is 10.7. The number of esters is 1. The molecule has 0 aliphatic rings. The van der Waals surface area contributed by atoms with Crippen molar-refractivity contribution in [2.24, 2.45) is 0 Å². The average Bonchev–Trinajstić information content (AvgIpc) is 2.92. The second-order valence-electron chi connectivity index (χ2n) is 4.10. The molecule has 0 aromatic carbocycles. The molecule has 6 nitrogen and oxygen atoms in total. The first kappa shape index (κ1) is 15.3. The first-order valence-corrected chi connectivity index (χ1v) is 6.51. The first-order valence-electron chi connectivity index (χ1n) is 5.70. The third kappa shape index (κ3) is 3.72. The SMILES string of the molecule is CC(=O)OC[C@@H](NC(=O)C(F)(F)F)c1cn2cncc2s1. The third-order valence-corrected chi connectivity index (χ3v) is 3.63. The van der Waals surface area contributed by atoms with Crippen LogP contribution < -0.4 is 5.32 Å². The predicted molar refractivity (Wildman–Crippen MR) is 66.6 cm³/mol. The molecule has 10 heteroatoms. The number of hydrogen-bond donors (Lipinski definition) is 1. The molecule has 2 rings (SSSR count). The summed E-state index contributed by atoms with van der Waals surface area (Å²) in [4.78, 5) is 26.8. The maximum Gasteiger partial charge on any atom is 0.471 e. The molecule has 2 heterocycles. The second-order valence-corrected chi connectivity index (χ2v) is 5.19. The Morgan fingerprint density at radius 2 is 2.24 bits per heavy atom. The largest absolute Gasteiger partial charge is 0.471 e. The Labute approximate surface area is 120 Å². The molecule has 21 heavy (non-hydrogen) atoms. The molecule has 114 valence electrons. The Kier molecular flexibility index (Phi) is 4.16. The number of aromatic nitrogens is 2. The number of thiazole rings is 1. The number of fused-ring (bicyclic) bond motifs is 1. The van der Waals surface area contributed by atoms with E-state index in [0.29, 0.717) is 9.71 Å².